The molecule has 0 spiro atoms. The number of nitrogens with zero attached hydrogens (tertiary/aromatic N) is 1. The molecule has 2 rings (SSSR count). The smallest absolute Gasteiger partial charge is 0.123 e. The summed E-state index contributed by atoms with van der Waals surface area (Å²) in [4.78, 5) is 2.54. The minimum absolute atomic E-state index is 0. The van der Waals surface area contributed by atoms with E-state index < -0.39 is 0 Å². The number of hydrogen-bond acceptors (Lipinski definition) is 2. The lowest BCUT2D eigenvalue weighted by Crippen LogP contribution is -2.45. The van der Waals surface area contributed by atoms with Gasteiger partial charge >= 0.3 is 0 Å². The lowest BCUT2D eigenvalue weighted by Gasteiger charge is -2.35. The van der Waals surface area contributed by atoms with Crippen LogP contribution >= 0.6 is 12.4 Å². The van der Waals surface area contributed by atoms with Crippen LogP contribution in [0.25, 0.3) is 0 Å². The van der Waals surface area contributed by atoms with Crippen LogP contribution in [0.5, 0.6) is 0 Å². The topological polar surface area (TPSA) is 15.3 Å². The zero-order valence-corrected chi connectivity index (χ0v) is 13.1. The van der Waals surface area contributed by atoms with E-state index in [2.05, 4.69) is 17.1 Å². The van der Waals surface area contributed by atoms with E-state index in [9.17, 15) is 4.39 Å². The molecule has 1 atom stereocenters. The zero-order chi connectivity index (χ0) is 13.5. The maximum Gasteiger partial charge on any atom is 0.123 e. The highest BCUT2D eigenvalue weighted by molar-refractivity contribution is 5.85. The molecule has 1 N–H and O–H groups in total. The molecule has 1 saturated heterocycles. The first-order valence-electron chi connectivity index (χ1n) is 7.51. The van der Waals surface area contributed by atoms with E-state index >= 15 is 0 Å². The molecule has 0 saturated carbocycles. The summed E-state index contributed by atoms with van der Waals surface area (Å²) >= 11 is 0. The summed E-state index contributed by atoms with van der Waals surface area (Å²) in [5.74, 6) is -0.142. The van der Waals surface area contributed by atoms with Gasteiger partial charge in [-0.3, -0.25) is 4.90 Å². The fourth-order valence-corrected chi connectivity index (χ4v) is 2.83. The van der Waals surface area contributed by atoms with E-state index in [-0.39, 0.29) is 18.2 Å². The molecule has 1 aromatic carbocycles. The fraction of sp³-hybridized carbons (Fsp3) is 0.625. The number of hydrogen-bond donors (Lipinski definition) is 1. The minimum Gasteiger partial charge on any atom is -0.314 e. The molecule has 0 unspecified atom stereocenters. The molecular weight excluding hydrogens is 275 g/mol. The molecule has 1 heterocycles. The highest BCUT2D eigenvalue weighted by Crippen LogP contribution is 2.27. The number of rotatable bonds is 6. The van der Waals surface area contributed by atoms with Crippen LogP contribution in [0.2, 0.25) is 0 Å². The third-order valence-electron chi connectivity index (χ3n) is 3.93. The first-order chi connectivity index (χ1) is 9.31. The Hall–Kier alpha value is -0.640. The predicted octanol–water partition coefficient (Wildman–Crippen LogP) is 3.77. The number of nitrogens with one attached hydrogen (secondary N) is 1. The molecule has 4 heteroatoms. The first kappa shape index (κ1) is 17.4. The van der Waals surface area contributed by atoms with Crippen LogP contribution in [0.1, 0.15) is 44.2 Å². The largest absolute Gasteiger partial charge is 0.314 e. The Morgan fingerprint density at radius 1 is 1.15 bits per heavy atom. The van der Waals surface area contributed by atoms with E-state index in [4.69, 9.17) is 0 Å². The predicted molar refractivity (Wildman–Crippen MR) is 85.0 cm³/mol. The van der Waals surface area contributed by atoms with Crippen LogP contribution < -0.4 is 5.32 Å². The molecule has 0 aliphatic carbocycles. The molecule has 1 aliphatic rings. The number of halogens is 2. The van der Waals surface area contributed by atoms with Crippen molar-refractivity contribution >= 4 is 12.4 Å². The Labute approximate surface area is 128 Å². The second kappa shape index (κ2) is 9.32. The molecular formula is C16H26ClFN2. The lowest BCUT2D eigenvalue weighted by molar-refractivity contribution is 0.162. The van der Waals surface area contributed by atoms with Crippen molar-refractivity contribution in [1.29, 1.82) is 0 Å². The molecule has 0 aromatic heterocycles. The van der Waals surface area contributed by atoms with Crippen molar-refractivity contribution < 1.29 is 4.39 Å². The van der Waals surface area contributed by atoms with Gasteiger partial charge in [-0.2, -0.15) is 0 Å². The molecule has 2 nitrogen and oxygen atoms in total. The van der Waals surface area contributed by atoms with Gasteiger partial charge in [-0.1, -0.05) is 38.3 Å². The summed E-state index contributed by atoms with van der Waals surface area (Å²) in [6, 6.07) is 7.53. The van der Waals surface area contributed by atoms with Crippen molar-refractivity contribution in [2.75, 3.05) is 26.2 Å². The van der Waals surface area contributed by atoms with Gasteiger partial charge < -0.3 is 5.32 Å². The van der Waals surface area contributed by atoms with Gasteiger partial charge in [-0.25, -0.2) is 4.39 Å². The Morgan fingerprint density at radius 3 is 2.40 bits per heavy atom. The SMILES string of the molecule is CCCCC[C@@H](c1ccc(F)cc1)N1CCNCC1.Cl. The molecule has 1 fully saturated rings. The van der Waals surface area contributed by atoms with E-state index in [1.165, 1.54) is 31.2 Å². The van der Waals surface area contributed by atoms with Crippen LogP contribution in [-0.2, 0) is 0 Å². The highest BCUT2D eigenvalue weighted by atomic mass is 35.5. The number of piperazine rings is 1. The van der Waals surface area contributed by atoms with Crippen molar-refractivity contribution in [3.05, 3.63) is 35.6 Å². The van der Waals surface area contributed by atoms with E-state index in [0.717, 1.165) is 26.2 Å². The second-order valence-electron chi connectivity index (χ2n) is 5.35. The summed E-state index contributed by atoms with van der Waals surface area (Å²) in [5, 5.41) is 3.40. The Balaban J connectivity index is 0.00000200. The first-order valence-corrected chi connectivity index (χ1v) is 7.51. The molecule has 1 aromatic rings. The third kappa shape index (κ3) is 5.04. The normalized spacial score (nSPS) is 17.5. The van der Waals surface area contributed by atoms with Crippen molar-refractivity contribution in [3.63, 3.8) is 0 Å². The summed E-state index contributed by atoms with van der Waals surface area (Å²) in [5.41, 5.74) is 1.26. The average molecular weight is 301 g/mol. The third-order valence-corrected chi connectivity index (χ3v) is 3.93. The van der Waals surface area contributed by atoms with Gasteiger partial charge in [-0.15, -0.1) is 12.4 Å². The van der Waals surface area contributed by atoms with Crippen LogP contribution in [0.4, 0.5) is 4.39 Å². The second-order valence-corrected chi connectivity index (χ2v) is 5.35. The van der Waals surface area contributed by atoms with Gasteiger partial charge in [0.1, 0.15) is 5.82 Å². The lowest BCUT2D eigenvalue weighted by atomic mass is 9.98. The molecule has 114 valence electrons. The van der Waals surface area contributed by atoms with Gasteiger partial charge in [0.25, 0.3) is 0 Å². The van der Waals surface area contributed by atoms with Gasteiger partial charge in [0.15, 0.2) is 0 Å². The van der Waals surface area contributed by atoms with Crippen LogP contribution in [-0.4, -0.2) is 31.1 Å². The molecule has 0 radical (unpaired) electrons. The fourth-order valence-electron chi connectivity index (χ4n) is 2.83. The van der Waals surface area contributed by atoms with Crippen LogP contribution in [0.3, 0.4) is 0 Å². The number of benzene rings is 1. The maximum atomic E-state index is 13.1. The molecule has 0 amide bonds. The summed E-state index contributed by atoms with van der Waals surface area (Å²) < 4.78 is 13.1. The Bertz CT molecular complexity index is 363. The average Bonchev–Trinajstić information content (AvgIpc) is 2.46. The minimum atomic E-state index is -0.142. The van der Waals surface area contributed by atoms with Crippen molar-refractivity contribution in [2.45, 2.75) is 38.6 Å². The van der Waals surface area contributed by atoms with Crippen molar-refractivity contribution in [3.8, 4) is 0 Å². The van der Waals surface area contributed by atoms with Gasteiger partial charge in [0, 0.05) is 32.2 Å². The quantitative estimate of drug-likeness (QED) is 0.805. The van der Waals surface area contributed by atoms with Crippen molar-refractivity contribution in [2.24, 2.45) is 0 Å². The maximum absolute atomic E-state index is 13.1. The Morgan fingerprint density at radius 2 is 1.80 bits per heavy atom. The molecule has 20 heavy (non-hydrogen) atoms. The standard InChI is InChI=1S/C16H25FN2.ClH/c1-2-3-4-5-16(19-12-10-18-11-13-19)14-6-8-15(17)9-7-14;/h6-9,16,18H,2-5,10-13H2,1H3;1H/t16-;/m0./s1. The van der Waals surface area contributed by atoms with Gasteiger partial charge in [0.05, 0.1) is 0 Å². The van der Waals surface area contributed by atoms with Crippen LogP contribution in [0.15, 0.2) is 24.3 Å². The molecule has 0 bridgehead atoms. The highest BCUT2D eigenvalue weighted by Gasteiger charge is 2.21. The Kier molecular flexibility index (Phi) is 8.12. The summed E-state index contributed by atoms with van der Waals surface area (Å²) in [7, 11) is 0. The van der Waals surface area contributed by atoms with Gasteiger partial charge in [-0.05, 0) is 24.1 Å². The van der Waals surface area contributed by atoms with Crippen LogP contribution in [0, 0.1) is 5.82 Å². The van der Waals surface area contributed by atoms with E-state index in [1.807, 2.05) is 12.1 Å². The van der Waals surface area contributed by atoms with E-state index in [1.54, 1.807) is 12.1 Å². The van der Waals surface area contributed by atoms with Gasteiger partial charge in [0.2, 0.25) is 0 Å². The molecule has 1 aliphatic heterocycles. The summed E-state index contributed by atoms with van der Waals surface area (Å²) in [6.07, 6.45) is 4.96. The summed E-state index contributed by atoms with van der Waals surface area (Å²) in [6.45, 7) is 6.54. The number of unbranched alkanes of at least 4 members (excludes halogenated alkanes) is 2. The monoisotopic (exact) mass is 300 g/mol. The van der Waals surface area contributed by atoms with Crippen molar-refractivity contribution in [1.82, 2.24) is 10.2 Å². The zero-order valence-electron chi connectivity index (χ0n) is 12.3. The van der Waals surface area contributed by atoms with E-state index in [0.29, 0.717) is 6.04 Å².